The second kappa shape index (κ2) is 8.35. The van der Waals surface area contributed by atoms with Crippen LogP contribution in [-0.4, -0.2) is 26.2 Å². The molecule has 1 aromatic rings. The van der Waals surface area contributed by atoms with Crippen molar-refractivity contribution >= 4 is 13.4 Å². The molecule has 0 aliphatic heterocycles. The van der Waals surface area contributed by atoms with E-state index in [4.69, 9.17) is 9.05 Å². The van der Waals surface area contributed by atoms with Gasteiger partial charge in [-0.05, 0) is 24.8 Å². The molecule has 0 aliphatic rings. The highest BCUT2D eigenvalue weighted by Crippen LogP contribution is 2.46. The van der Waals surface area contributed by atoms with Crippen LogP contribution in [0.1, 0.15) is 25.3 Å². The fourth-order valence-corrected chi connectivity index (χ4v) is 3.07. The standard InChI is InChI=1S/C15H23O4P/c1-13(15(16)12-20(17,18-2)19-3)8-7-11-14-9-5-4-6-10-14/h4-6,9-10,13H,7-8,11-12H2,1-3H3/t13-/m1/s1. The van der Waals surface area contributed by atoms with Crippen LogP contribution in [0, 0.1) is 5.92 Å². The summed E-state index contributed by atoms with van der Waals surface area (Å²) in [5.41, 5.74) is 1.27. The molecule has 0 spiro atoms. The summed E-state index contributed by atoms with van der Waals surface area (Å²) in [6.07, 6.45) is 2.51. The summed E-state index contributed by atoms with van der Waals surface area (Å²) >= 11 is 0. The molecule has 0 radical (unpaired) electrons. The number of hydrogen-bond donors (Lipinski definition) is 0. The number of carbonyl (C=O) groups excluding carboxylic acids is 1. The molecule has 0 amide bonds. The maximum atomic E-state index is 12.0. The maximum Gasteiger partial charge on any atom is 0.337 e. The molecule has 1 rings (SSSR count). The van der Waals surface area contributed by atoms with Crippen LogP contribution in [0.15, 0.2) is 30.3 Å². The number of hydrogen-bond acceptors (Lipinski definition) is 4. The van der Waals surface area contributed by atoms with Crippen molar-refractivity contribution in [2.75, 3.05) is 20.4 Å². The third kappa shape index (κ3) is 5.58. The molecule has 0 heterocycles. The van der Waals surface area contributed by atoms with Crippen LogP contribution in [0.25, 0.3) is 0 Å². The smallest absolute Gasteiger partial charge is 0.312 e. The minimum Gasteiger partial charge on any atom is -0.312 e. The van der Waals surface area contributed by atoms with Crippen LogP contribution in [-0.2, 0) is 24.8 Å². The Morgan fingerprint density at radius 2 is 1.80 bits per heavy atom. The number of ketones is 1. The van der Waals surface area contributed by atoms with Crippen LogP contribution in [0.3, 0.4) is 0 Å². The number of aryl methyl sites for hydroxylation is 1. The molecule has 0 saturated heterocycles. The lowest BCUT2D eigenvalue weighted by atomic mass is 9.98. The lowest BCUT2D eigenvalue weighted by Crippen LogP contribution is -2.16. The summed E-state index contributed by atoms with van der Waals surface area (Å²) in [6, 6.07) is 10.2. The quantitative estimate of drug-likeness (QED) is 0.652. The van der Waals surface area contributed by atoms with Gasteiger partial charge in [0.05, 0.1) is 0 Å². The van der Waals surface area contributed by atoms with E-state index in [1.807, 2.05) is 25.1 Å². The van der Waals surface area contributed by atoms with Crippen LogP contribution < -0.4 is 0 Å². The van der Waals surface area contributed by atoms with E-state index in [0.717, 1.165) is 19.3 Å². The first kappa shape index (κ1) is 17.1. The van der Waals surface area contributed by atoms with Gasteiger partial charge in [-0.25, -0.2) is 0 Å². The van der Waals surface area contributed by atoms with E-state index in [2.05, 4.69) is 12.1 Å². The van der Waals surface area contributed by atoms with Crippen molar-refractivity contribution in [3.05, 3.63) is 35.9 Å². The average molecular weight is 298 g/mol. The zero-order chi connectivity index (χ0) is 15.0. The molecule has 0 fully saturated rings. The molecule has 0 saturated carbocycles. The van der Waals surface area contributed by atoms with Gasteiger partial charge in [0.1, 0.15) is 11.9 Å². The van der Waals surface area contributed by atoms with Crippen LogP contribution in [0.4, 0.5) is 0 Å². The lowest BCUT2D eigenvalue weighted by molar-refractivity contribution is -0.120. The summed E-state index contributed by atoms with van der Waals surface area (Å²) in [6.45, 7) is 1.86. The van der Waals surface area contributed by atoms with Gasteiger partial charge < -0.3 is 9.05 Å². The molecule has 0 N–H and O–H groups in total. The van der Waals surface area contributed by atoms with Crippen molar-refractivity contribution in [3.8, 4) is 0 Å². The molecule has 20 heavy (non-hydrogen) atoms. The fraction of sp³-hybridized carbons (Fsp3) is 0.533. The summed E-state index contributed by atoms with van der Waals surface area (Å²) in [5, 5.41) is 0. The summed E-state index contributed by atoms with van der Waals surface area (Å²) in [4.78, 5) is 12.0. The number of rotatable bonds is 9. The lowest BCUT2D eigenvalue weighted by Gasteiger charge is -2.15. The SMILES string of the molecule is COP(=O)(CC(=O)[C@H](C)CCCc1ccccc1)OC. The first-order valence-electron chi connectivity index (χ1n) is 6.78. The molecule has 0 aromatic heterocycles. The average Bonchev–Trinajstić information content (AvgIpc) is 2.48. The number of benzene rings is 1. The van der Waals surface area contributed by atoms with Crippen LogP contribution >= 0.6 is 7.60 Å². The van der Waals surface area contributed by atoms with Crippen LogP contribution in [0.2, 0.25) is 0 Å². The first-order chi connectivity index (χ1) is 9.50. The van der Waals surface area contributed by atoms with E-state index in [-0.39, 0.29) is 17.9 Å². The van der Waals surface area contributed by atoms with E-state index < -0.39 is 7.60 Å². The van der Waals surface area contributed by atoms with Crippen molar-refractivity contribution in [3.63, 3.8) is 0 Å². The molecule has 5 heteroatoms. The van der Waals surface area contributed by atoms with E-state index in [9.17, 15) is 9.36 Å². The summed E-state index contributed by atoms with van der Waals surface area (Å²) < 4.78 is 21.5. The van der Waals surface area contributed by atoms with Crippen molar-refractivity contribution in [2.24, 2.45) is 5.92 Å². The predicted molar refractivity (Wildman–Crippen MR) is 80.0 cm³/mol. The Balaban J connectivity index is 2.37. The Hall–Kier alpha value is -0.960. The Morgan fingerprint density at radius 1 is 1.20 bits per heavy atom. The summed E-state index contributed by atoms with van der Waals surface area (Å²) in [7, 11) is -0.624. The first-order valence-corrected chi connectivity index (χ1v) is 8.50. The minimum absolute atomic E-state index is 0.0647. The summed E-state index contributed by atoms with van der Waals surface area (Å²) in [5.74, 6) is -0.192. The Bertz CT molecular complexity index is 450. The van der Waals surface area contributed by atoms with E-state index in [0.29, 0.717) is 0 Å². The Kier molecular flexibility index (Phi) is 7.14. The van der Waals surface area contributed by atoms with Gasteiger partial charge >= 0.3 is 7.60 Å². The van der Waals surface area contributed by atoms with Gasteiger partial charge in [0.15, 0.2) is 0 Å². The zero-order valence-electron chi connectivity index (χ0n) is 12.4. The highest BCUT2D eigenvalue weighted by atomic mass is 31.2. The van der Waals surface area contributed by atoms with Crippen molar-refractivity contribution in [2.45, 2.75) is 26.2 Å². The largest absolute Gasteiger partial charge is 0.337 e. The van der Waals surface area contributed by atoms with Gasteiger partial charge in [0, 0.05) is 20.1 Å². The molecule has 112 valence electrons. The highest BCUT2D eigenvalue weighted by molar-refractivity contribution is 7.54. The molecule has 0 aliphatic carbocycles. The third-order valence-corrected chi connectivity index (χ3v) is 5.21. The molecular formula is C15H23O4P. The Morgan fingerprint density at radius 3 is 2.35 bits per heavy atom. The predicted octanol–water partition coefficient (Wildman–Crippen LogP) is 3.70. The van der Waals surface area contributed by atoms with Crippen LogP contribution in [0.5, 0.6) is 0 Å². The topological polar surface area (TPSA) is 52.6 Å². The number of Topliss-reactive ketones (excluding diaryl/α,β-unsaturated/α-hetero) is 1. The Labute approximate surface area is 121 Å². The fourth-order valence-electron chi connectivity index (χ4n) is 1.97. The van der Waals surface area contributed by atoms with E-state index in [1.54, 1.807) is 0 Å². The molecule has 0 unspecified atom stereocenters. The van der Waals surface area contributed by atoms with E-state index in [1.165, 1.54) is 19.8 Å². The van der Waals surface area contributed by atoms with E-state index >= 15 is 0 Å². The van der Waals surface area contributed by atoms with Gasteiger partial charge in [-0.2, -0.15) is 0 Å². The second-order valence-electron chi connectivity index (χ2n) is 4.88. The molecule has 4 nitrogen and oxygen atoms in total. The zero-order valence-corrected chi connectivity index (χ0v) is 13.3. The van der Waals surface area contributed by atoms with Gasteiger partial charge in [0.25, 0.3) is 0 Å². The maximum absolute atomic E-state index is 12.0. The van der Waals surface area contributed by atoms with Crippen molar-refractivity contribution in [1.82, 2.24) is 0 Å². The highest BCUT2D eigenvalue weighted by Gasteiger charge is 2.27. The molecular weight excluding hydrogens is 275 g/mol. The van der Waals surface area contributed by atoms with Crippen molar-refractivity contribution < 1.29 is 18.4 Å². The van der Waals surface area contributed by atoms with Crippen molar-refractivity contribution in [1.29, 1.82) is 0 Å². The normalized spacial score (nSPS) is 13.2. The minimum atomic E-state index is -3.23. The van der Waals surface area contributed by atoms with Gasteiger partial charge in [-0.3, -0.25) is 9.36 Å². The monoisotopic (exact) mass is 298 g/mol. The number of carbonyl (C=O) groups is 1. The third-order valence-electron chi connectivity index (χ3n) is 3.40. The molecule has 1 aromatic carbocycles. The van der Waals surface area contributed by atoms with Gasteiger partial charge in [0.2, 0.25) is 0 Å². The molecule has 1 atom stereocenters. The second-order valence-corrected chi connectivity index (χ2v) is 7.15. The molecule has 0 bridgehead atoms. The van der Waals surface area contributed by atoms with Gasteiger partial charge in [-0.15, -0.1) is 0 Å². The van der Waals surface area contributed by atoms with Gasteiger partial charge in [-0.1, -0.05) is 37.3 Å².